The Morgan fingerprint density at radius 3 is 2.78 bits per heavy atom. The minimum absolute atomic E-state index is 0.0167. The van der Waals surface area contributed by atoms with Crippen LogP contribution in [0.5, 0.6) is 0 Å². The predicted molar refractivity (Wildman–Crippen MR) is 67.7 cm³/mol. The molecule has 0 aliphatic carbocycles. The van der Waals surface area contributed by atoms with E-state index in [1.165, 1.54) is 6.26 Å². The van der Waals surface area contributed by atoms with E-state index in [4.69, 9.17) is 4.42 Å². The molecular formula is C11H18N2O4S. The van der Waals surface area contributed by atoms with E-state index in [1.807, 2.05) is 0 Å². The third-order valence-corrected chi connectivity index (χ3v) is 3.28. The Labute approximate surface area is 107 Å². The van der Waals surface area contributed by atoms with Gasteiger partial charge in [-0.1, -0.05) is 0 Å². The van der Waals surface area contributed by atoms with Crippen molar-refractivity contribution < 1.29 is 17.6 Å². The van der Waals surface area contributed by atoms with Crippen LogP contribution in [0.3, 0.4) is 0 Å². The zero-order chi connectivity index (χ0) is 13.6. The summed E-state index contributed by atoms with van der Waals surface area (Å²) < 4.78 is 26.9. The van der Waals surface area contributed by atoms with Gasteiger partial charge in [-0.25, -0.2) is 8.42 Å². The van der Waals surface area contributed by atoms with Gasteiger partial charge < -0.3 is 15.1 Å². The van der Waals surface area contributed by atoms with Crippen LogP contribution in [0, 0.1) is 0 Å². The van der Waals surface area contributed by atoms with Crippen LogP contribution >= 0.6 is 0 Å². The van der Waals surface area contributed by atoms with Gasteiger partial charge in [0.15, 0.2) is 0 Å². The predicted octanol–water partition coefficient (Wildman–Crippen LogP) is -0.0815. The van der Waals surface area contributed by atoms with E-state index in [0.717, 1.165) is 6.26 Å². The molecule has 0 aliphatic heterocycles. The molecule has 0 saturated heterocycles. The lowest BCUT2D eigenvalue weighted by molar-refractivity contribution is -0.123. The van der Waals surface area contributed by atoms with E-state index in [1.54, 1.807) is 19.1 Å². The van der Waals surface area contributed by atoms with E-state index < -0.39 is 15.9 Å². The molecule has 2 N–H and O–H groups in total. The minimum atomic E-state index is -3.00. The van der Waals surface area contributed by atoms with E-state index in [0.29, 0.717) is 12.3 Å². The molecule has 0 spiro atoms. The highest BCUT2D eigenvalue weighted by Gasteiger charge is 2.12. The Balaban J connectivity index is 2.24. The number of sulfone groups is 1. The molecule has 18 heavy (non-hydrogen) atoms. The highest BCUT2D eigenvalue weighted by molar-refractivity contribution is 7.90. The van der Waals surface area contributed by atoms with E-state index in [2.05, 4.69) is 10.6 Å². The lowest BCUT2D eigenvalue weighted by Crippen LogP contribution is -2.43. The number of hydrogen-bond acceptors (Lipinski definition) is 5. The average molecular weight is 274 g/mol. The fourth-order valence-electron chi connectivity index (χ4n) is 1.29. The Morgan fingerprint density at radius 1 is 1.50 bits per heavy atom. The summed E-state index contributed by atoms with van der Waals surface area (Å²) in [6, 6.07) is 3.07. The Morgan fingerprint density at radius 2 is 2.22 bits per heavy atom. The number of carbonyl (C=O) groups is 1. The van der Waals surface area contributed by atoms with E-state index in [-0.39, 0.29) is 18.2 Å². The number of furan rings is 1. The summed E-state index contributed by atoms with van der Waals surface area (Å²) in [6.45, 7) is 2.26. The molecule has 0 aromatic carbocycles. The summed E-state index contributed by atoms with van der Waals surface area (Å²) in [5, 5.41) is 5.54. The fourth-order valence-corrected chi connectivity index (χ4v) is 1.78. The maximum atomic E-state index is 11.6. The SMILES string of the molecule is CC(NCCS(C)(=O)=O)C(=O)NCc1ccco1. The molecule has 1 heterocycles. The van der Waals surface area contributed by atoms with Crippen LogP contribution < -0.4 is 10.6 Å². The summed E-state index contributed by atoms with van der Waals surface area (Å²) >= 11 is 0. The molecule has 1 unspecified atom stereocenters. The lowest BCUT2D eigenvalue weighted by Gasteiger charge is -2.12. The molecule has 0 radical (unpaired) electrons. The van der Waals surface area contributed by atoms with Crippen LogP contribution in [0.4, 0.5) is 0 Å². The van der Waals surface area contributed by atoms with Crippen LogP contribution in [0.1, 0.15) is 12.7 Å². The first-order valence-corrected chi connectivity index (χ1v) is 7.66. The highest BCUT2D eigenvalue weighted by Crippen LogP contribution is 1.98. The van der Waals surface area contributed by atoms with Gasteiger partial charge in [-0.15, -0.1) is 0 Å². The summed E-state index contributed by atoms with van der Waals surface area (Å²) in [5.74, 6) is 0.495. The normalized spacial score (nSPS) is 13.2. The van der Waals surface area contributed by atoms with Crippen molar-refractivity contribution in [3.63, 3.8) is 0 Å². The second-order valence-electron chi connectivity index (χ2n) is 4.10. The summed E-state index contributed by atoms with van der Waals surface area (Å²) in [4.78, 5) is 11.6. The molecule has 102 valence electrons. The third kappa shape index (κ3) is 5.83. The molecule has 1 atom stereocenters. The molecule has 1 aromatic heterocycles. The monoisotopic (exact) mass is 274 g/mol. The van der Waals surface area contributed by atoms with Gasteiger partial charge in [-0.2, -0.15) is 0 Å². The van der Waals surface area contributed by atoms with Crippen molar-refractivity contribution in [1.82, 2.24) is 10.6 Å². The lowest BCUT2D eigenvalue weighted by atomic mass is 10.3. The first-order chi connectivity index (χ1) is 8.38. The Kier molecular flexibility index (Phi) is 5.36. The third-order valence-electron chi connectivity index (χ3n) is 2.33. The summed E-state index contributed by atoms with van der Waals surface area (Å²) in [6.07, 6.45) is 2.70. The van der Waals surface area contributed by atoms with E-state index in [9.17, 15) is 13.2 Å². The van der Waals surface area contributed by atoms with Gasteiger partial charge in [0.05, 0.1) is 24.6 Å². The molecule has 0 fully saturated rings. The number of carbonyl (C=O) groups excluding carboxylic acids is 1. The first-order valence-electron chi connectivity index (χ1n) is 5.59. The van der Waals surface area contributed by atoms with Gasteiger partial charge in [-0.05, 0) is 19.1 Å². The maximum Gasteiger partial charge on any atom is 0.237 e. The van der Waals surface area contributed by atoms with E-state index >= 15 is 0 Å². The summed E-state index contributed by atoms with van der Waals surface area (Å²) in [7, 11) is -3.00. The molecular weight excluding hydrogens is 256 g/mol. The van der Waals surface area contributed by atoms with Crippen molar-refractivity contribution in [2.75, 3.05) is 18.6 Å². The van der Waals surface area contributed by atoms with Gasteiger partial charge in [0.25, 0.3) is 0 Å². The van der Waals surface area contributed by atoms with Crippen LogP contribution in [-0.4, -0.2) is 38.9 Å². The molecule has 0 bridgehead atoms. The molecule has 1 amide bonds. The van der Waals surface area contributed by atoms with Crippen molar-refractivity contribution in [2.24, 2.45) is 0 Å². The average Bonchev–Trinajstić information content (AvgIpc) is 2.76. The zero-order valence-electron chi connectivity index (χ0n) is 10.5. The molecule has 1 aromatic rings. The number of hydrogen-bond donors (Lipinski definition) is 2. The minimum Gasteiger partial charge on any atom is -0.467 e. The van der Waals surface area contributed by atoms with Gasteiger partial charge in [0, 0.05) is 12.8 Å². The van der Waals surface area contributed by atoms with Gasteiger partial charge in [-0.3, -0.25) is 4.79 Å². The van der Waals surface area contributed by atoms with Gasteiger partial charge >= 0.3 is 0 Å². The fraction of sp³-hybridized carbons (Fsp3) is 0.545. The number of rotatable bonds is 7. The molecule has 0 saturated carbocycles. The number of amides is 1. The first kappa shape index (κ1) is 14.7. The maximum absolute atomic E-state index is 11.6. The van der Waals surface area contributed by atoms with Crippen LogP contribution in [0.25, 0.3) is 0 Å². The van der Waals surface area contributed by atoms with Crippen LogP contribution in [-0.2, 0) is 21.2 Å². The number of nitrogens with one attached hydrogen (secondary N) is 2. The van der Waals surface area contributed by atoms with Crippen LogP contribution in [0.2, 0.25) is 0 Å². The second-order valence-corrected chi connectivity index (χ2v) is 6.36. The molecule has 7 heteroatoms. The zero-order valence-corrected chi connectivity index (χ0v) is 11.3. The van der Waals surface area contributed by atoms with Crippen molar-refractivity contribution >= 4 is 15.7 Å². The molecule has 6 nitrogen and oxygen atoms in total. The Bertz CT molecular complexity index is 467. The summed E-state index contributed by atoms with van der Waals surface area (Å²) in [5.41, 5.74) is 0. The highest BCUT2D eigenvalue weighted by atomic mass is 32.2. The second kappa shape index (κ2) is 6.55. The standard InChI is InChI=1S/C11H18N2O4S/c1-9(12-5-7-18(2,15)16)11(14)13-8-10-4-3-6-17-10/h3-4,6,9,12H,5,7-8H2,1-2H3,(H,13,14). The van der Waals surface area contributed by atoms with Crippen LogP contribution in [0.15, 0.2) is 22.8 Å². The largest absolute Gasteiger partial charge is 0.467 e. The van der Waals surface area contributed by atoms with Gasteiger partial charge in [0.2, 0.25) is 5.91 Å². The Hall–Kier alpha value is -1.34. The molecule has 1 rings (SSSR count). The van der Waals surface area contributed by atoms with Crippen molar-refractivity contribution in [3.05, 3.63) is 24.2 Å². The van der Waals surface area contributed by atoms with Crippen molar-refractivity contribution in [3.8, 4) is 0 Å². The topological polar surface area (TPSA) is 88.4 Å². The van der Waals surface area contributed by atoms with Crippen molar-refractivity contribution in [2.45, 2.75) is 19.5 Å². The molecule has 0 aliphatic rings. The van der Waals surface area contributed by atoms with Gasteiger partial charge in [0.1, 0.15) is 15.6 Å². The quantitative estimate of drug-likeness (QED) is 0.726. The smallest absolute Gasteiger partial charge is 0.237 e. The van der Waals surface area contributed by atoms with Crippen molar-refractivity contribution in [1.29, 1.82) is 0 Å².